The number of aryl methyl sites for hydroxylation is 1. The molecule has 0 aliphatic rings. The van der Waals surface area contributed by atoms with Crippen LogP contribution < -0.4 is 9.47 Å². The molecule has 0 saturated heterocycles. The van der Waals surface area contributed by atoms with Crippen molar-refractivity contribution in [2.45, 2.75) is 129 Å². The predicted molar refractivity (Wildman–Crippen MR) is 140 cm³/mol. The Bertz CT molecular complexity index is 600. The zero-order chi connectivity index (χ0) is 24.2. The molecule has 0 saturated carbocycles. The van der Waals surface area contributed by atoms with E-state index >= 15 is 0 Å². The zero-order valence-corrected chi connectivity index (χ0v) is 21.9. The van der Waals surface area contributed by atoms with Gasteiger partial charge in [0.25, 0.3) is 0 Å². The number of aliphatic hydroxyl groups is 1. The van der Waals surface area contributed by atoms with Gasteiger partial charge >= 0.3 is 0 Å². The number of rotatable bonds is 22. The first kappa shape index (κ1) is 29.6. The fourth-order valence-corrected chi connectivity index (χ4v) is 4.70. The first-order valence-electron chi connectivity index (χ1n) is 13.7. The van der Waals surface area contributed by atoms with E-state index in [2.05, 4.69) is 0 Å². The molecule has 2 N–H and O–H groups in total. The van der Waals surface area contributed by atoms with Gasteiger partial charge in [-0.3, -0.25) is 0 Å². The number of methoxy groups -OCH3 is 2. The molecule has 0 amide bonds. The van der Waals surface area contributed by atoms with Gasteiger partial charge in [0, 0.05) is 12.2 Å². The molecule has 0 fully saturated rings. The average Bonchev–Trinajstić information content (AvgIpc) is 2.81. The monoisotopic (exact) mass is 464 g/mol. The van der Waals surface area contributed by atoms with Crippen LogP contribution >= 0.6 is 0 Å². The SMILES string of the molecule is COc1cc(C)c(CCCCCCCCCCCCCCCCCCCCO)c(O)c1OC. The predicted octanol–water partition coefficient (Wildman–Crippen LogP) is 8.27. The highest BCUT2D eigenvalue weighted by Gasteiger charge is 2.16. The topological polar surface area (TPSA) is 58.9 Å². The summed E-state index contributed by atoms with van der Waals surface area (Å²) in [6.45, 7) is 2.38. The highest BCUT2D eigenvalue weighted by atomic mass is 16.5. The van der Waals surface area contributed by atoms with Crippen molar-refractivity contribution in [1.82, 2.24) is 0 Å². The minimum atomic E-state index is 0.239. The van der Waals surface area contributed by atoms with Crippen molar-refractivity contribution in [3.8, 4) is 17.2 Å². The van der Waals surface area contributed by atoms with Gasteiger partial charge in [-0.05, 0) is 37.8 Å². The highest BCUT2D eigenvalue weighted by Crippen LogP contribution is 2.41. The second-order valence-electron chi connectivity index (χ2n) is 9.59. The lowest BCUT2D eigenvalue weighted by atomic mass is 9.99. The number of benzene rings is 1. The summed E-state index contributed by atoms with van der Waals surface area (Å²) in [4.78, 5) is 0. The Morgan fingerprint density at radius 3 is 1.36 bits per heavy atom. The number of ether oxygens (including phenoxy) is 2. The van der Waals surface area contributed by atoms with Crippen molar-refractivity contribution in [3.05, 3.63) is 17.2 Å². The summed E-state index contributed by atoms with van der Waals surface area (Å²) in [5, 5.41) is 19.3. The van der Waals surface area contributed by atoms with Crippen molar-refractivity contribution >= 4 is 0 Å². The molecule has 0 unspecified atom stereocenters. The Balaban J connectivity index is 1.93. The third-order valence-corrected chi connectivity index (χ3v) is 6.81. The zero-order valence-electron chi connectivity index (χ0n) is 21.9. The smallest absolute Gasteiger partial charge is 0.203 e. The van der Waals surface area contributed by atoms with Crippen LogP contribution in [0.3, 0.4) is 0 Å². The minimum Gasteiger partial charge on any atom is -0.504 e. The molecular formula is C29H52O4. The molecule has 0 aliphatic heterocycles. The van der Waals surface area contributed by atoms with E-state index in [1.165, 1.54) is 103 Å². The molecule has 0 spiro atoms. The van der Waals surface area contributed by atoms with Gasteiger partial charge in [-0.15, -0.1) is 0 Å². The van der Waals surface area contributed by atoms with Crippen molar-refractivity contribution < 1.29 is 19.7 Å². The number of hydrogen-bond donors (Lipinski definition) is 2. The average molecular weight is 465 g/mol. The van der Waals surface area contributed by atoms with Gasteiger partial charge in [0.2, 0.25) is 5.75 Å². The number of phenols is 1. The maximum absolute atomic E-state index is 10.5. The molecule has 0 aromatic heterocycles. The molecule has 4 nitrogen and oxygen atoms in total. The molecule has 4 heteroatoms. The van der Waals surface area contributed by atoms with Crippen molar-refractivity contribution in [2.75, 3.05) is 20.8 Å². The Hall–Kier alpha value is -1.42. The summed E-state index contributed by atoms with van der Waals surface area (Å²) in [5.74, 6) is 1.28. The molecule has 33 heavy (non-hydrogen) atoms. The van der Waals surface area contributed by atoms with Gasteiger partial charge in [0.1, 0.15) is 0 Å². The van der Waals surface area contributed by atoms with Crippen LogP contribution in [0.4, 0.5) is 0 Å². The Labute approximate surface area is 204 Å². The van der Waals surface area contributed by atoms with Gasteiger partial charge in [0.15, 0.2) is 11.5 Å². The number of hydrogen-bond acceptors (Lipinski definition) is 4. The van der Waals surface area contributed by atoms with Gasteiger partial charge in [-0.25, -0.2) is 0 Å². The normalized spacial score (nSPS) is 11.2. The second-order valence-corrected chi connectivity index (χ2v) is 9.59. The van der Waals surface area contributed by atoms with Crippen LogP contribution in [-0.2, 0) is 6.42 Å². The molecule has 0 heterocycles. The van der Waals surface area contributed by atoms with Crippen LogP contribution in [0.1, 0.15) is 127 Å². The Morgan fingerprint density at radius 2 is 1.00 bits per heavy atom. The van der Waals surface area contributed by atoms with E-state index in [1.807, 2.05) is 13.0 Å². The molecule has 192 valence electrons. The minimum absolute atomic E-state index is 0.239. The van der Waals surface area contributed by atoms with Crippen LogP contribution in [0.15, 0.2) is 6.07 Å². The summed E-state index contributed by atoms with van der Waals surface area (Å²) < 4.78 is 10.6. The maximum atomic E-state index is 10.5. The summed E-state index contributed by atoms with van der Waals surface area (Å²) in [5.41, 5.74) is 2.06. The largest absolute Gasteiger partial charge is 0.504 e. The van der Waals surface area contributed by atoms with Crippen molar-refractivity contribution in [2.24, 2.45) is 0 Å². The van der Waals surface area contributed by atoms with Crippen molar-refractivity contribution in [1.29, 1.82) is 0 Å². The second kappa shape index (κ2) is 20.0. The van der Waals surface area contributed by atoms with E-state index in [0.717, 1.165) is 30.4 Å². The molecule has 1 aromatic rings. The van der Waals surface area contributed by atoms with E-state index < -0.39 is 0 Å². The van der Waals surface area contributed by atoms with Crippen LogP contribution in [0.25, 0.3) is 0 Å². The lowest BCUT2D eigenvalue weighted by molar-refractivity contribution is 0.282. The summed E-state index contributed by atoms with van der Waals surface area (Å²) in [7, 11) is 3.17. The first-order chi connectivity index (χ1) is 16.2. The highest BCUT2D eigenvalue weighted by molar-refractivity contribution is 5.58. The molecule has 0 bridgehead atoms. The lowest BCUT2D eigenvalue weighted by Crippen LogP contribution is -1.98. The third kappa shape index (κ3) is 13.2. The fourth-order valence-electron chi connectivity index (χ4n) is 4.70. The molecule has 0 atom stereocenters. The third-order valence-electron chi connectivity index (χ3n) is 6.81. The molecule has 1 rings (SSSR count). The number of aromatic hydroxyl groups is 1. The number of aliphatic hydroxyl groups excluding tert-OH is 1. The summed E-state index contributed by atoms with van der Waals surface area (Å²) in [6.07, 6.45) is 24.6. The number of unbranched alkanes of at least 4 members (excludes halogenated alkanes) is 17. The van der Waals surface area contributed by atoms with Crippen molar-refractivity contribution in [3.63, 3.8) is 0 Å². The molecule has 0 aliphatic carbocycles. The lowest BCUT2D eigenvalue weighted by Gasteiger charge is -2.15. The number of phenolic OH excluding ortho intramolecular Hbond substituents is 1. The van der Waals surface area contributed by atoms with E-state index in [-0.39, 0.29) is 5.75 Å². The quantitative estimate of drug-likeness (QED) is 0.169. The van der Waals surface area contributed by atoms with Crippen LogP contribution in [0.5, 0.6) is 17.2 Å². The summed E-state index contributed by atoms with van der Waals surface area (Å²) in [6, 6.07) is 1.95. The van der Waals surface area contributed by atoms with Crippen LogP contribution in [0.2, 0.25) is 0 Å². The molecule has 1 aromatic carbocycles. The van der Waals surface area contributed by atoms with E-state index in [0.29, 0.717) is 18.1 Å². The fraction of sp³-hybridized carbons (Fsp3) is 0.793. The first-order valence-corrected chi connectivity index (χ1v) is 13.7. The molecular weight excluding hydrogens is 412 g/mol. The van der Waals surface area contributed by atoms with E-state index in [4.69, 9.17) is 14.6 Å². The van der Waals surface area contributed by atoms with E-state index in [1.54, 1.807) is 14.2 Å². The van der Waals surface area contributed by atoms with Gasteiger partial charge < -0.3 is 19.7 Å². The van der Waals surface area contributed by atoms with Crippen LogP contribution in [0, 0.1) is 6.92 Å². The standard InChI is InChI=1S/C29H52O4/c1-25-24-27(32-2)29(33-3)28(31)26(25)22-20-18-16-14-12-10-8-6-4-5-7-9-11-13-15-17-19-21-23-30/h24,30-31H,4-23H2,1-3H3. The Kier molecular flexibility index (Phi) is 17.9. The maximum Gasteiger partial charge on any atom is 0.203 e. The van der Waals surface area contributed by atoms with Crippen LogP contribution in [-0.4, -0.2) is 31.0 Å². The van der Waals surface area contributed by atoms with Gasteiger partial charge in [-0.1, -0.05) is 103 Å². The Morgan fingerprint density at radius 1 is 0.606 bits per heavy atom. The molecule has 0 radical (unpaired) electrons. The van der Waals surface area contributed by atoms with Gasteiger partial charge in [-0.2, -0.15) is 0 Å². The van der Waals surface area contributed by atoms with Gasteiger partial charge in [0.05, 0.1) is 14.2 Å². The summed E-state index contributed by atoms with van der Waals surface area (Å²) >= 11 is 0. The van der Waals surface area contributed by atoms with E-state index in [9.17, 15) is 5.11 Å².